The zero-order valence-corrected chi connectivity index (χ0v) is 9.46. The number of amides is 1. The third-order valence-electron chi connectivity index (χ3n) is 2.44. The molecule has 1 atom stereocenters. The molecule has 0 bridgehead atoms. The number of anilines is 1. The summed E-state index contributed by atoms with van der Waals surface area (Å²) in [5.74, 6) is -0.329. The van der Waals surface area contributed by atoms with Crippen LogP contribution in [0, 0.1) is 5.21 Å². The Labute approximate surface area is 104 Å². The molecule has 0 spiro atoms. The van der Waals surface area contributed by atoms with Crippen molar-refractivity contribution in [2.75, 3.05) is 5.32 Å². The van der Waals surface area contributed by atoms with Crippen molar-refractivity contribution >= 4 is 17.3 Å². The van der Waals surface area contributed by atoms with E-state index in [0.29, 0.717) is 11.3 Å². The molecule has 0 radical (unpaired) electrons. The molecule has 0 saturated heterocycles. The zero-order valence-electron chi connectivity index (χ0n) is 9.46. The number of hydrogen-bond acceptors (Lipinski definition) is 3. The standard InChI is InChI=1S/C13H12N2O3/c16-13(10-6-2-1-3-7-10)14-11-8-4-5-9-12(11)15(17)18/h1-9,15,17H,(H,14,16). The molecule has 0 heterocycles. The van der Waals surface area contributed by atoms with Crippen molar-refractivity contribution in [1.29, 1.82) is 0 Å². The Balaban J connectivity index is 2.22. The second-order valence-corrected chi connectivity index (χ2v) is 3.67. The number of carbonyl (C=O) groups is 1. The Morgan fingerprint density at radius 2 is 1.67 bits per heavy atom. The molecule has 0 aliphatic rings. The lowest BCUT2D eigenvalue weighted by Gasteiger charge is -2.15. The minimum absolute atomic E-state index is 0.0711. The van der Waals surface area contributed by atoms with Crippen LogP contribution in [0.15, 0.2) is 54.6 Å². The molecular formula is C13H12N2O3. The number of nitrogens with one attached hydrogen (secondary N) is 2. The van der Waals surface area contributed by atoms with Crippen molar-refractivity contribution in [1.82, 2.24) is 0 Å². The van der Waals surface area contributed by atoms with Gasteiger partial charge in [-0.1, -0.05) is 30.3 Å². The molecule has 0 fully saturated rings. The normalized spacial score (nSPS) is 11.9. The summed E-state index contributed by atoms with van der Waals surface area (Å²) < 4.78 is 0. The summed E-state index contributed by atoms with van der Waals surface area (Å²) in [6.07, 6.45) is 0. The Kier molecular flexibility index (Phi) is 3.69. The fourth-order valence-corrected chi connectivity index (χ4v) is 1.56. The van der Waals surface area contributed by atoms with Crippen LogP contribution in [0.2, 0.25) is 0 Å². The lowest BCUT2D eigenvalue weighted by Crippen LogP contribution is -2.99. The lowest BCUT2D eigenvalue weighted by atomic mass is 10.2. The molecule has 18 heavy (non-hydrogen) atoms. The third kappa shape index (κ3) is 2.72. The average Bonchev–Trinajstić information content (AvgIpc) is 2.40. The maximum absolute atomic E-state index is 11.9. The minimum Gasteiger partial charge on any atom is -0.595 e. The van der Waals surface area contributed by atoms with Gasteiger partial charge in [0.25, 0.3) is 5.91 Å². The van der Waals surface area contributed by atoms with Gasteiger partial charge < -0.3 is 10.5 Å². The van der Waals surface area contributed by atoms with Crippen molar-refractivity contribution in [2.45, 2.75) is 0 Å². The van der Waals surface area contributed by atoms with Gasteiger partial charge in [0.15, 0.2) is 5.69 Å². The highest BCUT2D eigenvalue weighted by Crippen LogP contribution is 2.17. The van der Waals surface area contributed by atoms with Crippen molar-refractivity contribution in [3.05, 3.63) is 65.4 Å². The first-order chi connectivity index (χ1) is 8.68. The Morgan fingerprint density at radius 3 is 2.33 bits per heavy atom. The van der Waals surface area contributed by atoms with Crippen molar-refractivity contribution in [2.24, 2.45) is 0 Å². The van der Waals surface area contributed by atoms with Crippen molar-refractivity contribution in [3.63, 3.8) is 0 Å². The van der Waals surface area contributed by atoms with E-state index in [1.807, 2.05) is 6.07 Å². The number of benzene rings is 2. The molecule has 0 saturated carbocycles. The summed E-state index contributed by atoms with van der Waals surface area (Å²) in [5.41, 5.74) is 0.846. The van der Waals surface area contributed by atoms with Gasteiger partial charge in [0.1, 0.15) is 5.69 Å². The molecule has 1 unspecified atom stereocenters. The van der Waals surface area contributed by atoms with Gasteiger partial charge in [-0.3, -0.25) is 4.79 Å². The highest BCUT2D eigenvalue weighted by atomic mass is 16.8. The van der Waals surface area contributed by atoms with Gasteiger partial charge in [0, 0.05) is 11.6 Å². The predicted octanol–water partition coefficient (Wildman–Crippen LogP) is 1.34. The van der Waals surface area contributed by atoms with Gasteiger partial charge in [-0.25, -0.2) is 5.21 Å². The molecule has 2 aromatic rings. The van der Waals surface area contributed by atoms with Gasteiger partial charge in [-0.05, 0) is 18.2 Å². The van der Waals surface area contributed by atoms with Crippen LogP contribution in [0.4, 0.5) is 11.4 Å². The van der Waals surface area contributed by atoms with Gasteiger partial charge in [-0.2, -0.15) is 5.23 Å². The maximum atomic E-state index is 11.9. The largest absolute Gasteiger partial charge is 0.595 e. The van der Waals surface area contributed by atoms with Gasteiger partial charge in [-0.15, -0.1) is 0 Å². The van der Waals surface area contributed by atoms with E-state index in [9.17, 15) is 10.0 Å². The van der Waals surface area contributed by atoms with E-state index < -0.39 is 5.23 Å². The maximum Gasteiger partial charge on any atom is 0.255 e. The molecule has 0 aliphatic heterocycles. The lowest BCUT2D eigenvalue weighted by molar-refractivity contribution is -0.990. The first kappa shape index (κ1) is 12.3. The van der Waals surface area contributed by atoms with Gasteiger partial charge in [0.2, 0.25) is 0 Å². The molecule has 0 aromatic heterocycles. The fraction of sp³-hybridized carbons (Fsp3) is 0. The summed E-state index contributed by atoms with van der Waals surface area (Å²) in [6.45, 7) is 0. The molecular weight excluding hydrogens is 232 g/mol. The second kappa shape index (κ2) is 5.42. The van der Waals surface area contributed by atoms with Crippen LogP contribution in [0.1, 0.15) is 10.4 Å². The molecule has 5 heteroatoms. The topological polar surface area (TPSA) is 76.8 Å². The summed E-state index contributed by atoms with van der Waals surface area (Å²) in [5, 5.41) is 21.5. The van der Waals surface area contributed by atoms with Crippen LogP contribution in [-0.4, -0.2) is 11.1 Å². The van der Waals surface area contributed by atoms with E-state index >= 15 is 0 Å². The van der Waals surface area contributed by atoms with Crippen LogP contribution in [-0.2, 0) is 0 Å². The number of para-hydroxylation sites is 2. The molecule has 2 aromatic carbocycles. The minimum atomic E-state index is -1.07. The Morgan fingerprint density at radius 1 is 1.06 bits per heavy atom. The summed E-state index contributed by atoms with van der Waals surface area (Å²) in [4.78, 5) is 11.9. The Bertz CT molecular complexity index is 541. The molecule has 1 amide bonds. The average molecular weight is 244 g/mol. The first-order valence-corrected chi connectivity index (χ1v) is 5.37. The van der Waals surface area contributed by atoms with Crippen LogP contribution in [0.3, 0.4) is 0 Å². The van der Waals surface area contributed by atoms with Crippen LogP contribution < -0.4 is 10.5 Å². The van der Waals surface area contributed by atoms with Crippen LogP contribution >= 0.6 is 0 Å². The summed E-state index contributed by atoms with van der Waals surface area (Å²) in [7, 11) is 0. The van der Waals surface area contributed by atoms with Crippen molar-refractivity contribution < 1.29 is 15.2 Å². The number of rotatable bonds is 3. The second-order valence-electron chi connectivity index (χ2n) is 3.67. The van der Waals surface area contributed by atoms with E-state index in [1.165, 1.54) is 6.07 Å². The number of hydrogen-bond donors (Lipinski definition) is 3. The zero-order chi connectivity index (χ0) is 13.0. The molecule has 3 N–H and O–H groups in total. The third-order valence-corrected chi connectivity index (χ3v) is 2.44. The van der Waals surface area contributed by atoms with E-state index in [4.69, 9.17) is 5.21 Å². The van der Waals surface area contributed by atoms with Crippen molar-refractivity contribution in [3.8, 4) is 0 Å². The smallest absolute Gasteiger partial charge is 0.255 e. The Hall–Kier alpha value is -2.21. The van der Waals surface area contributed by atoms with Gasteiger partial charge >= 0.3 is 0 Å². The van der Waals surface area contributed by atoms with E-state index in [0.717, 1.165) is 0 Å². The molecule has 0 aliphatic carbocycles. The number of carbonyl (C=O) groups excluding carboxylic acids is 1. The van der Waals surface area contributed by atoms with Crippen LogP contribution in [0.5, 0.6) is 0 Å². The molecule has 2 rings (SSSR count). The summed E-state index contributed by atoms with van der Waals surface area (Å²) in [6, 6.07) is 14.9. The van der Waals surface area contributed by atoms with E-state index in [1.54, 1.807) is 42.5 Å². The van der Waals surface area contributed by atoms with Gasteiger partial charge in [0.05, 0.1) is 0 Å². The first-order valence-electron chi connectivity index (χ1n) is 5.37. The fourth-order valence-electron chi connectivity index (χ4n) is 1.56. The SMILES string of the molecule is O=C(Nc1ccccc1[NH+]([O-])O)c1ccccc1. The van der Waals surface area contributed by atoms with E-state index in [2.05, 4.69) is 5.32 Å². The number of quaternary nitrogens is 1. The quantitative estimate of drug-likeness (QED) is 0.713. The molecule has 5 nitrogen and oxygen atoms in total. The highest BCUT2D eigenvalue weighted by Gasteiger charge is 2.11. The molecule has 92 valence electrons. The van der Waals surface area contributed by atoms with Crippen LogP contribution in [0.25, 0.3) is 0 Å². The monoisotopic (exact) mass is 244 g/mol. The van der Waals surface area contributed by atoms with E-state index in [-0.39, 0.29) is 11.6 Å². The highest BCUT2D eigenvalue weighted by molar-refractivity contribution is 6.05. The predicted molar refractivity (Wildman–Crippen MR) is 66.6 cm³/mol. The summed E-state index contributed by atoms with van der Waals surface area (Å²) >= 11 is 0.